The van der Waals surface area contributed by atoms with Crippen LogP contribution in [-0.2, 0) is 16.0 Å². The van der Waals surface area contributed by atoms with Gasteiger partial charge in [0.05, 0.1) is 19.6 Å². The van der Waals surface area contributed by atoms with Gasteiger partial charge in [0.1, 0.15) is 0 Å². The summed E-state index contributed by atoms with van der Waals surface area (Å²) in [4.78, 5) is 23.8. The first-order chi connectivity index (χ1) is 14.5. The third-order valence-corrected chi connectivity index (χ3v) is 6.16. The lowest BCUT2D eigenvalue weighted by molar-refractivity contribution is -0.131. The lowest BCUT2D eigenvalue weighted by Crippen LogP contribution is -2.56. The second-order valence-electron chi connectivity index (χ2n) is 8.11. The molecule has 7 nitrogen and oxygen atoms in total. The van der Waals surface area contributed by atoms with Crippen LogP contribution >= 0.6 is 11.6 Å². The van der Waals surface area contributed by atoms with Crippen molar-refractivity contribution in [2.75, 3.05) is 59.5 Å². The Kier molecular flexibility index (Phi) is 8.36. The van der Waals surface area contributed by atoms with Gasteiger partial charge in [-0.15, -0.1) is 0 Å². The molecular formula is C22H34ClN5O2. The molecule has 2 atom stereocenters. The van der Waals surface area contributed by atoms with Crippen LogP contribution in [0.1, 0.15) is 19.4 Å². The second kappa shape index (κ2) is 11.0. The van der Waals surface area contributed by atoms with Crippen LogP contribution in [0.25, 0.3) is 0 Å². The number of nitrogens with zero attached hydrogens (tertiary/aromatic N) is 4. The smallest absolute Gasteiger partial charge is 0.227 e. The van der Waals surface area contributed by atoms with Crippen LogP contribution in [0.3, 0.4) is 0 Å². The maximum Gasteiger partial charge on any atom is 0.227 e. The largest absolute Gasteiger partial charge is 0.379 e. The van der Waals surface area contributed by atoms with Crippen LogP contribution < -0.4 is 5.32 Å². The van der Waals surface area contributed by atoms with Crippen molar-refractivity contribution < 1.29 is 9.53 Å². The van der Waals surface area contributed by atoms with E-state index in [9.17, 15) is 4.79 Å². The number of guanidine groups is 1. The fourth-order valence-electron chi connectivity index (χ4n) is 4.18. The molecule has 8 heteroatoms. The molecule has 2 unspecified atom stereocenters. The molecule has 1 aromatic carbocycles. The Hall–Kier alpha value is -1.83. The molecule has 2 fully saturated rings. The lowest BCUT2D eigenvalue weighted by Gasteiger charge is -2.39. The van der Waals surface area contributed by atoms with Gasteiger partial charge in [0.25, 0.3) is 0 Å². The Morgan fingerprint density at radius 3 is 2.67 bits per heavy atom. The average molecular weight is 436 g/mol. The van der Waals surface area contributed by atoms with E-state index < -0.39 is 0 Å². The maximum absolute atomic E-state index is 12.6. The summed E-state index contributed by atoms with van der Waals surface area (Å²) in [5, 5.41) is 4.19. The maximum atomic E-state index is 12.6. The first kappa shape index (κ1) is 22.8. The topological polar surface area (TPSA) is 60.4 Å². The second-order valence-corrected chi connectivity index (χ2v) is 8.55. The van der Waals surface area contributed by atoms with Gasteiger partial charge in [0.2, 0.25) is 5.91 Å². The Balaban J connectivity index is 1.45. The molecule has 0 spiro atoms. The summed E-state index contributed by atoms with van der Waals surface area (Å²) in [6.45, 7) is 10.8. The zero-order chi connectivity index (χ0) is 21.5. The summed E-state index contributed by atoms with van der Waals surface area (Å²) < 4.78 is 5.54. The molecular weight excluding hydrogens is 402 g/mol. The molecule has 0 aliphatic carbocycles. The molecule has 2 aliphatic rings. The highest BCUT2D eigenvalue weighted by atomic mass is 35.5. The molecule has 1 N–H and O–H groups in total. The summed E-state index contributed by atoms with van der Waals surface area (Å²) in [5.74, 6) is 1.06. The first-order valence-corrected chi connectivity index (χ1v) is 11.2. The molecule has 3 rings (SSSR count). The number of benzene rings is 1. The number of piperazine rings is 1. The first-order valence-electron chi connectivity index (χ1n) is 10.8. The number of carbonyl (C=O) groups is 1. The number of ether oxygens (including phenoxy) is 1. The van der Waals surface area contributed by atoms with Gasteiger partial charge in [-0.1, -0.05) is 23.7 Å². The molecule has 2 aliphatic heterocycles. The van der Waals surface area contributed by atoms with Crippen LogP contribution in [0.15, 0.2) is 29.3 Å². The van der Waals surface area contributed by atoms with Crippen molar-refractivity contribution in [3.8, 4) is 0 Å². The minimum atomic E-state index is 0.148. The van der Waals surface area contributed by atoms with E-state index in [1.54, 1.807) is 0 Å². The predicted molar refractivity (Wildman–Crippen MR) is 121 cm³/mol. The van der Waals surface area contributed by atoms with Gasteiger partial charge in [-0.05, 0) is 31.5 Å². The number of carbonyl (C=O) groups excluding carboxylic acids is 1. The lowest BCUT2D eigenvalue weighted by atomic mass is 10.1. The van der Waals surface area contributed by atoms with Gasteiger partial charge in [0, 0.05) is 63.4 Å². The van der Waals surface area contributed by atoms with E-state index in [4.69, 9.17) is 16.3 Å². The molecule has 0 aromatic heterocycles. The fraction of sp³-hybridized carbons (Fsp3) is 0.636. The van der Waals surface area contributed by atoms with Crippen LogP contribution in [0.5, 0.6) is 0 Å². The highest BCUT2D eigenvalue weighted by Gasteiger charge is 2.26. The van der Waals surface area contributed by atoms with Gasteiger partial charge in [-0.25, -0.2) is 0 Å². The fourth-order valence-corrected chi connectivity index (χ4v) is 4.40. The summed E-state index contributed by atoms with van der Waals surface area (Å²) in [6, 6.07) is 8.36. The number of rotatable bonds is 5. The van der Waals surface area contributed by atoms with Crippen LogP contribution in [0, 0.1) is 0 Å². The normalized spacial score (nSPS) is 22.1. The van der Waals surface area contributed by atoms with E-state index in [0.29, 0.717) is 36.6 Å². The number of nitrogens with one attached hydrogen (secondary N) is 1. The SMILES string of the molecule is CN=C(NCC(C)N1CCOCC1C)N1CCN(C(=O)Cc2cccc(Cl)c2)CC1. The molecule has 0 radical (unpaired) electrons. The molecule has 1 aromatic rings. The highest BCUT2D eigenvalue weighted by molar-refractivity contribution is 6.30. The van der Waals surface area contributed by atoms with E-state index in [0.717, 1.165) is 50.9 Å². The van der Waals surface area contributed by atoms with E-state index in [1.807, 2.05) is 36.2 Å². The number of halogens is 1. The van der Waals surface area contributed by atoms with Gasteiger partial charge in [-0.3, -0.25) is 14.7 Å². The Labute approximate surface area is 185 Å². The molecule has 2 saturated heterocycles. The van der Waals surface area contributed by atoms with Gasteiger partial charge < -0.3 is 19.9 Å². The van der Waals surface area contributed by atoms with Crippen molar-refractivity contribution in [2.24, 2.45) is 4.99 Å². The number of aliphatic imine (C=N–C) groups is 1. The minimum absolute atomic E-state index is 0.148. The van der Waals surface area contributed by atoms with Crippen molar-refractivity contribution in [2.45, 2.75) is 32.4 Å². The molecule has 2 heterocycles. The van der Waals surface area contributed by atoms with Crippen molar-refractivity contribution in [3.63, 3.8) is 0 Å². The Morgan fingerprint density at radius 1 is 1.27 bits per heavy atom. The summed E-state index contributed by atoms with van der Waals surface area (Å²) >= 11 is 6.03. The van der Waals surface area contributed by atoms with E-state index in [2.05, 4.69) is 34.0 Å². The van der Waals surface area contributed by atoms with Crippen molar-refractivity contribution in [3.05, 3.63) is 34.9 Å². The zero-order valence-electron chi connectivity index (χ0n) is 18.3. The molecule has 0 bridgehead atoms. The van der Waals surface area contributed by atoms with Crippen molar-refractivity contribution in [1.82, 2.24) is 20.0 Å². The van der Waals surface area contributed by atoms with E-state index >= 15 is 0 Å². The predicted octanol–water partition coefficient (Wildman–Crippen LogP) is 1.71. The minimum Gasteiger partial charge on any atom is -0.379 e. The number of morpholine rings is 1. The molecule has 166 valence electrons. The Morgan fingerprint density at radius 2 is 2.00 bits per heavy atom. The molecule has 0 saturated carbocycles. The Bertz CT molecular complexity index is 736. The van der Waals surface area contributed by atoms with E-state index in [1.165, 1.54) is 0 Å². The number of amides is 1. The quantitative estimate of drug-likeness (QED) is 0.563. The third kappa shape index (κ3) is 6.09. The monoisotopic (exact) mass is 435 g/mol. The van der Waals surface area contributed by atoms with Crippen molar-refractivity contribution >= 4 is 23.5 Å². The summed E-state index contributed by atoms with van der Waals surface area (Å²) in [7, 11) is 1.82. The van der Waals surface area contributed by atoms with Crippen molar-refractivity contribution in [1.29, 1.82) is 0 Å². The van der Waals surface area contributed by atoms with E-state index in [-0.39, 0.29) is 5.91 Å². The highest BCUT2D eigenvalue weighted by Crippen LogP contribution is 2.13. The van der Waals surface area contributed by atoms with Crippen LogP contribution in [-0.4, -0.2) is 98.2 Å². The standard InChI is InChI=1S/C22H34ClN5O2/c1-17(28-11-12-30-16-18(28)2)15-25-22(24-3)27-9-7-26(8-10-27)21(29)14-19-5-4-6-20(23)13-19/h4-6,13,17-18H,7-12,14-16H2,1-3H3,(H,24,25). The van der Waals surface area contributed by atoms with Gasteiger partial charge in [0.15, 0.2) is 5.96 Å². The number of hydrogen-bond acceptors (Lipinski definition) is 4. The van der Waals surface area contributed by atoms with Gasteiger partial charge in [-0.2, -0.15) is 0 Å². The average Bonchev–Trinajstić information content (AvgIpc) is 2.75. The number of hydrogen-bond donors (Lipinski definition) is 1. The zero-order valence-corrected chi connectivity index (χ0v) is 19.1. The molecule has 30 heavy (non-hydrogen) atoms. The van der Waals surface area contributed by atoms with Crippen LogP contribution in [0.2, 0.25) is 5.02 Å². The van der Waals surface area contributed by atoms with Gasteiger partial charge >= 0.3 is 0 Å². The third-order valence-electron chi connectivity index (χ3n) is 5.93. The van der Waals surface area contributed by atoms with Crippen LogP contribution in [0.4, 0.5) is 0 Å². The summed E-state index contributed by atoms with van der Waals surface area (Å²) in [6.07, 6.45) is 0.392. The molecule has 1 amide bonds. The summed E-state index contributed by atoms with van der Waals surface area (Å²) in [5.41, 5.74) is 0.957.